The number of carbonyl (C=O) groups excluding carboxylic acids is 2. The zero-order valence-corrected chi connectivity index (χ0v) is 12.1. The Hall–Kier alpha value is -2.33. The van der Waals surface area contributed by atoms with Crippen LogP contribution in [0.4, 0.5) is 0 Å². The Morgan fingerprint density at radius 2 is 1.71 bits per heavy atom. The van der Waals surface area contributed by atoms with Crippen molar-refractivity contribution >= 4 is 23.5 Å². The van der Waals surface area contributed by atoms with Crippen LogP contribution in [0.15, 0.2) is 48.5 Å². The fourth-order valence-corrected chi connectivity index (χ4v) is 1.94. The number of carbonyl (C=O) groups is 2. The van der Waals surface area contributed by atoms with Crippen LogP contribution in [-0.4, -0.2) is 19.0 Å². The number of hydrogen-bond donors (Lipinski definition) is 0. The third-order valence-electron chi connectivity index (χ3n) is 2.80. The van der Waals surface area contributed by atoms with Crippen molar-refractivity contribution in [3.63, 3.8) is 0 Å². The summed E-state index contributed by atoms with van der Waals surface area (Å²) in [6, 6.07) is 13.2. The van der Waals surface area contributed by atoms with E-state index in [0.29, 0.717) is 21.9 Å². The molecule has 0 radical (unpaired) electrons. The van der Waals surface area contributed by atoms with Gasteiger partial charge in [-0.25, -0.2) is 4.79 Å². The number of hydrogen-bond acceptors (Lipinski definition) is 4. The fourth-order valence-electron chi connectivity index (χ4n) is 1.74. The van der Waals surface area contributed by atoms with Gasteiger partial charge in [0.25, 0.3) is 0 Å². The largest absolute Gasteiger partial charge is 0.465 e. The highest BCUT2D eigenvalue weighted by Gasteiger charge is 2.10. The lowest BCUT2D eigenvalue weighted by molar-refractivity contribution is -0.133. The molecule has 0 fully saturated rings. The summed E-state index contributed by atoms with van der Waals surface area (Å²) in [4.78, 5) is 23.1. The Morgan fingerprint density at radius 3 is 2.33 bits per heavy atom. The smallest absolute Gasteiger partial charge is 0.337 e. The van der Waals surface area contributed by atoms with Gasteiger partial charge in [0.1, 0.15) is 5.75 Å². The minimum absolute atomic E-state index is 0.0818. The maximum atomic E-state index is 11.8. The van der Waals surface area contributed by atoms with Gasteiger partial charge >= 0.3 is 11.9 Å². The van der Waals surface area contributed by atoms with Gasteiger partial charge < -0.3 is 9.47 Å². The maximum Gasteiger partial charge on any atom is 0.337 e. The topological polar surface area (TPSA) is 52.6 Å². The summed E-state index contributed by atoms with van der Waals surface area (Å²) in [5.74, 6) is -0.502. The summed E-state index contributed by atoms with van der Waals surface area (Å²) in [5, 5.41) is 0.524. The van der Waals surface area contributed by atoms with Crippen LogP contribution in [0.5, 0.6) is 5.75 Å². The average molecular weight is 305 g/mol. The molecule has 0 aliphatic rings. The van der Waals surface area contributed by atoms with Gasteiger partial charge in [-0.05, 0) is 35.9 Å². The molecule has 0 aromatic heterocycles. The molecular weight excluding hydrogens is 292 g/mol. The van der Waals surface area contributed by atoms with Crippen molar-refractivity contribution in [2.45, 2.75) is 6.42 Å². The molecule has 0 N–H and O–H groups in total. The van der Waals surface area contributed by atoms with Crippen LogP contribution >= 0.6 is 11.6 Å². The zero-order chi connectivity index (χ0) is 15.2. The number of rotatable bonds is 4. The first-order chi connectivity index (χ1) is 10.1. The van der Waals surface area contributed by atoms with Crippen molar-refractivity contribution in [3.8, 4) is 5.75 Å². The molecule has 108 valence electrons. The standard InChI is InChI=1S/C16H13ClO4/c1-20-16(19)11-6-8-13(9-7-11)21-15(18)10-12-4-2-3-5-14(12)17/h2-9H,10H2,1H3. The highest BCUT2D eigenvalue weighted by molar-refractivity contribution is 6.31. The molecule has 2 rings (SSSR count). The van der Waals surface area contributed by atoms with Gasteiger partial charge in [0, 0.05) is 5.02 Å². The number of halogens is 1. The number of esters is 2. The van der Waals surface area contributed by atoms with Crippen molar-refractivity contribution in [1.29, 1.82) is 0 Å². The second kappa shape index (κ2) is 6.90. The average Bonchev–Trinajstić information content (AvgIpc) is 2.49. The Balaban J connectivity index is 2.00. The molecule has 0 unspecified atom stereocenters. The maximum absolute atomic E-state index is 11.8. The van der Waals surface area contributed by atoms with Gasteiger partial charge in [-0.2, -0.15) is 0 Å². The van der Waals surface area contributed by atoms with Crippen molar-refractivity contribution in [2.24, 2.45) is 0 Å². The molecule has 2 aromatic rings. The zero-order valence-electron chi connectivity index (χ0n) is 11.3. The minimum Gasteiger partial charge on any atom is -0.465 e. The van der Waals surface area contributed by atoms with Gasteiger partial charge in [0.15, 0.2) is 0 Å². The molecule has 0 saturated carbocycles. The van der Waals surface area contributed by atoms with Crippen molar-refractivity contribution in [2.75, 3.05) is 7.11 Å². The predicted molar refractivity (Wildman–Crippen MR) is 78.6 cm³/mol. The molecule has 0 heterocycles. The summed E-state index contributed by atoms with van der Waals surface area (Å²) in [6.07, 6.45) is 0.0818. The van der Waals surface area contributed by atoms with Crippen LogP contribution < -0.4 is 4.74 Å². The Morgan fingerprint density at radius 1 is 1.05 bits per heavy atom. The molecule has 0 saturated heterocycles. The molecule has 0 aliphatic heterocycles. The first-order valence-corrected chi connectivity index (χ1v) is 6.60. The van der Waals surface area contributed by atoms with Crippen LogP contribution in [0.25, 0.3) is 0 Å². The van der Waals surface area contributed by atoms with E-state index in [2.05, 4.69) is 4.74 Å². The monoisotopic (exact) mass is 304 g/mol. The second-order valence-electron chi connectivity index (χ2n) is 4.26. The summed E-state index contributed by atoms with van der Waals surface area (Å²) in [6.45, 7) is 0. The first kappa shape index (κ1) is 15.1. The van der Waals surface area contributed by atoms with Gasteiger partial charge in [0.05, 0.1) is 19.1 Å². The normalized spacial score (nSPS) is 10.0. The third kappa shape index (κ3) is 4.07. The van der Waals surface area contributed by atoms with E-state index in [1.165, 1.54) is 31.4 Å². The molecule has 21 heavy (non-hydrogen) atoms. The molecule has 0 atom stereocenters. The van der Waals surface area contributed by atoms with E-state index in [1.807, 2.05) is 0 Å². The van der Waals surface area contributed by atoms with E-state index < -0.39 is 11.9 Å². The number of benzene rings is 2. The summed E-state index contributed by atoms with van der Waals surface area (Å²) in [7, 11) is 1.31. The van der Waals surface area contributed by atoms with Crippen LogP contribution in [0.3, 0.4) is 0 Å². The minimum atomic E-state index is -0.441. The lowest BCUT2D eigenvalue weighted by Crippen LogP contribution is -2.11. The number of methoxy groups -OCH3 is 1. The molecule has 0 aliphatic carbocycles. The van der Waals surface area contributed by atoms with Crippen molar-refractivity contribution in [1.82, 2.24) is 0 Å². The molecule has 0 bridgehead atoms. The first-order valence-electron chi connectivity index (χ1n) is 6.22. The molecule has 0 amide bonds. The highest BCUT2D eigenvalue weighted by atomic mass is 35.5. The fraction of sp³-hybridized carbons (Fsp3) is 0.125. The molecule has 4 nitrogen and oxygen atoms in total. The van der Waals surface area contributed by atoms with Crippen molar-refractivity contribution < 1.29 is 19.1 Å². The second-order valence-corrected chi connectivity index (χ2v) is 4.67. The Labute approximate surface area is 127 Å². The number of ether oxygens (including phenoxy) is 2. The lowest BCUT2D eigenvalue weighted by atomic mass is 10.1. The Bertz CT molecular complexity index is 650. The van der Waals surface area contributed by atoms with E-state index in [4.69, 9.17) is 16.3 Å². The van der Waals surface area contributed by atoms with E-state index in [-0.39, 0.29) is 6.42 Å². The molecular formula is C16H13ClO4. The van der Waals surface area contributed by atoms with Gasteiger partial charge in [-0.15, -0.1) is 0 Å². The molecule has 0 spiro atoms. The summed E-state index contributed by atoms with van der Waals surface area (Å²) in [5.41, 5.74) is 1.10. The van der Waals surface area contributed by atoms with E-state index in [0.717, 1.165) is 0 Å². The lowest BCUT2D eigenvalue weighted by Gasteiger charge is -2.06. The van der Waals surface area contributed by atoms with Crippen LogP contribution in [0.2, 0.25) is 5.02 Å². The van der Waals surface area contributed by atoms with Crippen LogP contribution in [0, 0.1) is 0 Å². The quantitative estimate of drug-likeness (QED) is 0.642. The summed E-state index contributed by atoms with van der Waals surface area (Å²) < 4.78 is 9.78. The van der Waals surface area contributed by atoms with E-state index in [9.17, 15) is 9.59 Å². The van der Waals surface area contributed by atoms with Gasteiger partial charge in [-0.1, -0.05) is 29.8 Å². The third-order valence-corrected chi connectivity index (χ3v) is 3.17. The van der Waals surface area contributed by atoms with Gasteiger partial charge in [-0.3, -0.25) is 4.79 Å². The molecule has 5 heteroatoms. The molecule has 2 aromatic carbocycles. The van der Waals surface area contributed by atoms with E-state index in [1.54, 1.807) is 24.3 Å². The van der Waals surface area contributed by atoms with Gasteiger partial charge in [0.2, 0.25) is 0 Å². The SMILES string of the molecule is COC(=O)c1ccc(OC(=O)Cc2ccccc2Cl)cc1. The predicted octanol–water partition coefficient (Wildman–Crippen LogP) is 3.27. The Kier molecular flexibility index (Phi) is 4.95. The van der Waals surface area contributed by atoms with Crippen LogP contribution in [-0.2, 0) is 16.0 Å². The van der Waals surface area contributed by atoms with Crippen molar-refractivity contribution in [3.05, 3.63) is 64.7 Å². The van der Waals surface area contributed by atoms with E-state index >= 15 is 0 Å². The van der Waals surface area contributed by atoms with Crippen LogP contribution in [0.1, 0.15) is 15.9 Å². The highest BCUT2D eigenvalue weighted by Crippen LogP contribution is 2.17. The summed E-state index contributed by atoms with van der Waals surface area (Å²) >= 11 is 5.98.